The molecule has 1 atom stereocenters. The fourth-order valence-corrected chi connectivity index (χ4v) is 3.42. The summed E-state index contributed by atoms with van der Waals surface area (Å²) in [5, 5.41) is 6.45. The van der Waals surface area contributed by atoms with Crippen LogP contribution in [0.3, 0.4) is 0 Å². The molecule has 1 heterocycles. The third-order valence-electron chi connectivity index (χ3n) is 4.89. The van der Waals surface area contributed by atoms with Crippen LogP contribution < -0.4 is 20.3 Å². The summed E-state index contributed by atoms with van der Waals surface area (Å²) in [7, 11) is 3.30. The van der Waals surface area contributed by atoms with Crippen LogP contribution in [0.4, 0.5) is 18.9 Å². The van der Waals surface area contributed by atoms with E-state index in [-0.39, 0.29) is 12.6 Å². The molecular formula is C21H25F3N4O. The Morgan fingerprint density at radius 3 is 2.72 bits per heavy atom. The Morgan fingerprint density at radius 2 is 2.00 bits per heavy atom. The highest BCUT2D eigenvalue weighted by Crippen LogP contribution is 2.31. The molecule has 0 spiro atoms. The molecule has 8 heteroatoms. The van der Waals surface area contributed by atoms with Crippen molar-refractivity contribution in [1.29, 1.82) is 0 Å². The number of hydrogen-bond donors (Lipinski definition) is 2. The molecule has 0 aromatic heterocycles. The van der Waals surface area contributed by atoms with Gasteiger partial charge in [0.1, 0.15) is 5.75 Å². The molecule has 1 fully saturated rings. The van der Waals surface area contributed by atoms with Crippen molar-refractivity contribution in [2.75, 3.05) is 32.1 Å². The number of aliphatic imine (C=N–C) groups is 1. The molecular weight excluding hydrogens is 381 g/mol. The molecule has 0 saturated carbocycles. The minimum absolute atomic E-state index is 0.174. The minimum atomic E-state index is -4.35. The maximum Gasteiger partial charge on any atom is 0.416 e. The predicted octanol–water partition coefficient (Wildman–Crippen LogP) is 3.66. The zero-order chi connectivity index (χ0) is 20.9. The summed E-state index contributed by atoms with van der Waals surface area (Å²) >= 11 is 0. The summed E-state index contributed by atoms with van der Waals surface area (Å²) in [6.07, 6.45) is -3.43. The second-order valence-corrected chi connectivity index (χ2v) is 6.87. The highest BCUT2D eigenvalue weighted by Gasteiger charge is 2.30. The lowest BCUT2D eigenvalue weighted by Crippen LogP contribution is -2.44. The van der Waals surface area contributed by atoms with Crippen LogP contribution in [0.2, 0.25) is 0 Å². The lowest BCUT2D eigenvalue weighted by Gasteiger charge is -2.22. The zero-order valence-electron chi connectivity index (χ0n) is 16.5. The summed E-state index contributed by atoms with van der Waals surface area (Å²) in [6.45, 7) is 1.92. The molecule has 5 nitrogen and oxygen atoms in total. The Balaban J connectivity index is 1.56. The number of halogens is 3. The van der Waals surface area contributed by atoms with E-state index in [1.165, 1.54) is 6.07 Å². The molecule has 0 amide bonds. The van der Waals surface area contributed by atoms with Gasteiger partial charge >= 0.3 is 6.18 Å². The number of nitrogens with zero attached hydrogens (tertiary/aromatic N) is 2. The van der Waals surface area contributed by atoms with Gasteiger partial charge in [-0.2, -0.15) is 13.2 Å². The molecule has 29 heavy (non-hydrogen) atoms. The van der Waals surface area contributed by atoms with E-state index in [9.17, 15) is 13.2 Å². The number of alkyl halides is 3. The molecule has 0 aliphatic carbocycles. The van der Waals surface area contributed by atoms with Gasteiger partial charge in [0.25, 0.3) is 0 Å². The van der Waals surface area contributed by atoms with Crippen LogP contribution in [0.1, 0.15) is 17.5 Å². The second-order valence-electron chi connectivity index (χ2n) is 6.87. The van der Waals surface area contributed by atoms with Gasteiger partial charge in [0.15, 0.2) is 5.96 Å². The van der Waals surface area contributed by atoms with Crippen molar-refractivity contribution in [3.8, 4) is 5.75 Å². The van der Waals surface area contributed by atoms with E-state index in [4.69, 9.17) is 4.74 Å². The van der Waals surface area contributed by atoms with Crippen LogP contribution in [-0.2, 0) is 12.7 Å². The fraction of sp³-hybridized carbons (Fsp3) is 0.381. The van der Waals surface area contributed by atoms with Crippen LogP contribution >= 0.6 is 0 Å². The summed E-state index contributed by atoms with van der Waals surface area (Å²) in [5.41, 5.74) is 0.944. The number of ether oxygens (including phenoxy) is 1. The first-order valence-electron chi connectivity index (χ1n) is 9.42. The topological polar surface area (TPSA) is 48.9 Å². The Bertz CT molecular complexity index is 854. The van der Waals surface area contributed by atoms with Gasteiger partial charge in [-0.15, -0.1) is 0 Å². The van der Waals surface area contributed by atoms with E-state index in [2.05, 4.69) is 20.5 Å². The standard InChI is InChI=1S/C21H25F3N4O/c1-25-20(26-13-15-6-5-7-16(12-15)21(22,23)24)27-17-10-11-28(14-17)18-8-3-4-9-19(18)29-2/h3-9,12,17H,10-11,13-14H2,1-2H3,(H2,25,26,27). The number of benzene rings is 2. The van der Waals surface area contributed by atoms with Crippen LogP contribution in [-0.4, -0.2) is 39.2 Å². The van der Waals surface area contributed by atoms with Gasteiger partial charge < -0.3 is 20.3 Å². The third kappa shape index (κ3) is 5.34. The van der Waals surface area contributed by atoms with Crippen molar-refractivity contribution in [1.82, 2.24) is 10.6 Å². The Hall–Kier alpha value is -2.90. The average molecular weight is 406 g/mol. The Labute approximate surface area is 168 Å². The molecule has 1 aliphatic rings. The van der Waals surface area contributed by atoms with Crippen molar-refractivity contribution in [3.05, 3.63) is 59.7 Å². The number of rotatable bonds is 5. The molecule has 0 bridgehead atoms. The smallest absolute Gasteiger partial charge is 0.416 e. The Morgan fingerprint density at radius 1 is 1.21 bits per heavy atom. The summed E-state index contributed by atoms with van der Waals surface area (Å²) < 4.78 is 44.0. The van der Waals surface area contributed by atoms with Gasteiger partial charge in [0.2, 0.25) is 0 Å². The normalized spacial score (nSPS) is 17.3. The highest BCUT2D eigenvalue weighted by molar-refractivity contribution is 5.80. The predicted molar refractivity (Wildman–Crippen MR) is 108 cm³/mol. The van der Waals surface area contributed by atoms with Crippen molar-refractivity contribution in [2.24, 2.45) is 4.99 Å². The zero-order valence-corrected chi connectivity index (χ0v) is 16.5. The lowest BCUT2D eigenvalue weighted by atomic mass is 10.1. The molecule has 3 rings (SSSR count). The second kappa shape index (κ2) is 9.07. The molecule has 1 saturated heterocycles. The van der Waals surface area contributed by atoms with Gasteiger partial charge in [-0.3, -0.25) is 4.99 Å². The minimum Gasteiger partial charge on any atom is -0.495 e. The first-order valence-corrected chi connectivity index (χ1v) is 9.42. The van der Waals surface area contributed by atoms with Gasteiger partial charge in [-0.25, -0.2) is 0 Å². The van der Waals surface area contributed by atoms with Crippen molar-refractivity contribution in [3.63, 3.8) is 0 Å². The molecule has 2 aromatic rings. The maximum atomic E-state index is 12.9. The van der Waals surface area contributed by atoms with Gasteiger partial charge in [-0.05, 0) is 36.2 Å². The van der Waals surface area contributed by atoms with E-state index in [1.54, 1.807) is 20.2 Å². The van der Waals surface area contributed by atoms with Crippen molar-refractivity contribution < 1.29 is 17.9 Å². The molecule has 1 unspecified atom stereocenters. The fourth-order valence-electron chi connectivity index (χ4n) is 3.42. The number of anilines is 1. The molecule has 156 valence electrons. The quantitative estimate of drug-likeness (QED) is 0.588. The molecule has 2 N–H and O–H groups in total. The van der Waals surface area contributed by atoms with Gasteiger partial charge in [0, 0.05) is 32.7 Å². The number of methoxy groups -OCH3 is 1. The van der Waals surface area contributed by atoms with E-state index in [1.807, 2.05) is 24.3 Å². The van der Waals surface area contributed by atoms with Crippen molar-refractivity contribution >= 4 is 11.6 Å². The summed E-state index contributed by atoms with van der Waals surface area (Å²) in [4.78, 5) is 6.44. The van der Waals surface area contributed by atoms with E-state index in [0.29, 0.717) is 11.5 Å². The summed E-state index contributed by atoms with van der Waals surface area (Å²) in [5.74, 6) is 1.40. The van der Waals surface area contributed by atoms with Crippen molar-refractivity contribution in [2.45, 2.75) is 25.2 Å². The molecule has 1 aliphatic heterocycles. The van der Waals surface area contributed by atoms with E-state index in [0.717, 1.165) is 43.1 Å². The van der Waals surface area contributed by atoms with Crippen LogP contribution in [0.15, 0.2) is 53.5 Å². The van der Waals surface area contributed by atoms with Crippen LogP contribution in [0.25, 0.3) is 0 Å². The van der Waals surface area contributed by atoms with Crippen LogP contribution in [0.5, 0.6) is 5.75 Å². The average Bonchev–Trinajstić information content (AvgIpc) is 3.19. The molecule has 0 radical (unpaired) electrons. The van der Waals surface area contributed by atoms with Crippen LogP contribution in [0, 0.1) is 0 Å². The summed E-state index contributed by atoms with van der Waals surface area (Å²) in [6, 6.07) is 13.4. The molecule has 2 aromatic carbocycles. The largest absolute Gasteiger partial charge is 0.495 e. The number of hydrogen-bond acceptors (Lipinski definition) is 3. The first kappa shape index (κ1) is 20.8. The lowest BCUT2D eigenvalue weighted by molar-refractivity contribution is -0.137. The van der Waals surface area contributed by atoms with Gasteiger partial charge in [0.05, 0.1) is 18.4 Å². The van der Waals surface area contributed by atoms with Gasteiger partial charge in [-0.1, -0.05) is 24.3 Å². The maximum absolute atomic E-state index is 12.9. The first-order chi connectivity index (χ1) is 13.9. The highest BCUT2D eigenvalue weighted by atomic mass is 19.4. The number of para-hydroxylation sites is 2. The number of guanidine groups is 1. The number of nitrogens with one attached hydrogen (secondary N) is 2. The van der Waals surface area contributed by atoms with E-state index >= 15 is 0 Å². The third-order valence-corrected chi connectivity index (χ3v) is 4.89. The Kier molecular flexibility index (Phi) is 6.51. The van der Waals surface area contributed by atoms with E-state index < -0.39 is 11.7 Å². The SMILES string of the molecule is CN=C(NCc1cccc(C(F)(F)F)c1)NC1CCN(c2ccccc2OC)C1. The monoisotopic (exact) mass is 406 g/mol.